The summed E-state index contributed by atoms with van der Waals surface area (Å²) >= 11 is 0. The molecule has 1 aliphatic carbocycles. The Balaban J connectivity index is 1.69. The first-order valence-electron chi connectivity index (χ1n) is 7.84. The fourth-order valence-corrected chi connectivity index (χ4v) is 4.49. The van der Waals surface area contributed by atoms with Crippen LogP contribution in [0.2, 0.25) is 0 Å². The molecule has 0 radical (unpaired) electrons. The van der Waals surface area contributed by atoms with Crippen LogP contribution < -0.4 is 0 Å². The summed E-state index contributed by atoms with van der Waals surface area (Å²) < 4.78 is 26.8. The van der Waals surface area contributed by atoms with Crippen LogP contribution >= 0.6 is 0 Å². The van der Waals surface area contributed by atoms with Gasteiger partial charge in [0.05, 0.1) is 4.90 Å². The van der Waals surface area contributed by atoms with E-state index in [2.05, 4.69) is 6.92 Å². The van der Waals surface area contributed by atoms with E-state index in [0.29, 0.717) is 43.4 Å². The number of hydrogen-bond donors (Lipinski definition) is 0. The van der Waals surface area contributed by atoms with Crippen molar-refractivity contribution in [1.82, 2.24) is 9.21 Å². The van der Waals surface area contributed by atoms with Crippen molar-refractivity contribution in [2.75, 3.05) is 26.2 Å². The van der Waals surface area contributed by atoms with Crippen molar-refractivity contribution in [2.24, 2.45) is 11.8 Å². The lowest BCUT2D eigenvalue weighted by Crippen LogP contribution is -2.38. The van der Waals surface area contributed by atoms with Gasteiger partial charge in [0.2, 0.25) is 15.9 Å². The van der Waals surface area contributed by atoms with E-state index in [4.69, 9.17) is 0 Å². The second-order valence-corrected chi connectivity index (χ2v) is 8.15. The van der Waals surface area contributed by atoms with E-state index in [9.17, 15) is 13.2 Å². The monoisotopic (exact) mass is 322 g/mol. The highest BCUT2D eigenvalue weighted by molar-refractivity contribution is 7.89. The average Bonchev–Trinajstić information content (AvgIpc) is 3.29. The topological polar surface area (TPSA) is 57.7 Å². The van der Waals surface area contributed by atoms with Crippen LogP contribution in [0.5, 0.6) is 0 Å². The van der Waals surface area contributed by atoms with Gasteiger partial charge in [0.25, 0.3) is 0 Å². The lowest BCUT2D eigenvalue weighted by molar-refractivity contribution is -0.132. The zero-order chi connectivity index (χ0) is 15.7. The molecule has 1 aliphatic heterocycles. The second-order valence-electron chi connectivity index (χ2n) is 6.22. The van der Waals surface area contributed by atoms with Gasteiger partial charge in [-0.05, 0) is 30.9 Å². The summed E-state index contributed by atoms with van der Waals surface area (Å²) in [4.78, 5) is 14.5. The van der Waals surface area contributed by atoms with Gasteiger partial charge >= 0.3 is 0 Å². The van der Waals surface area contributed by atoms with Crippen LogP contribution in [0.25, 0.3) is 0 Å². The first kappa shape index (κ1) is 15.5. The number of sulfonamides is 1. The Morgan fingerprint density at radius 3 is 2.41 bits per heavy atom. The average molecular weight is 322 g/mol. The van der Waals surface area contributed by atoms with Crippen molar-refractivity contribution in [2.45, 2.75) is 24.7 Å². The Bertz CT molecular complexity index is 645. The number of amides is 1. The van der Waals surface area contributed by atoms with E-state index in [0.717, 1.165) is 6.42 Å². The standard InChI is InChI=1S/C16H22N2O3S/c1-13-12-15(13)16(19)17-8-5-9-18(11-10-17)22(20,21)14-6-3-2-4-7-14/h2-4,6-7,13,15H,5,8-12H2,1H3/t13-,15+/m1/s1. The summed E-state index contributed by atoms with van der Waals surface area (Å²) in [6, 6.07) is 8.51. The summed E-state index contributed by atoms with van der Waals surface area (Å²) in [5.41, 5.74) is 0. The normalized spacial score (nSPS) is 26.5. The number of benzene rings is 1. The first-order chi connectivity index (χ1) is 10.5. The number of hydrogen-bond acceptors (Lipinski definition) is 3. The summed E-state index contributed by atoms with van der Waals surface area (Å²) in [5, 5.41) is 0. The van der Waals surface area contributed by atoms with E-state index in [1.54, 1.807) is 30.3 Å². The minimum absolute atomic E-state index is 0.164. The van der Waals surface area contributed by atoms with Crippen LogP contribution in [0.15, 0.2) is 35.2 Å². The molecule has 3 rings (SSSR count). The largest absolute Gasteiger partial charge is 0.341 e. The lowest BCUT2D eigenvalue weighted by Gasteiger charge is -2.22. The Morgan fingerprint density at radius 2 is 1.77 bits per heavy atom. The molecule has 0 aromatic heterocycles. The molecular weight excluding hydrogens is 300 g/mol. The maximum Gasteiger partial charge on any atom is 0.243 e. The van der Waals surface area contributed by atoms with Gasteiger partial charge in [-0.1, -0.05) is 25.1 Å². The number of nitrogens with zero attached hydrogens (tertiary/aromatic N) is 2. The van der Waals surface area contributed by atoms with Gasteiger partial charge in [-0.25, -0.2) is 8.42 Å². The first-order valence-corrected chi connectivity index (χ1v) is 9.28. The highest BCUT2D eigenvalue weighted by Crippen LogP contribution is 2.39. The summed E-state index contributed by atoms with van der Waals surface area (Å²) in [7, 11) is -3.45. The van der Waals surface area contributed by atoms with E-state index >= 15 is 0 Å². The number of carbonyl (C=O) groups excluding carboxylic acids is 1. The highest BCUT2D eigenvalue weighted by atomic mass is 32.2. The smallest absolute Gasteiger partial charge is 0.243 e. The van der Waals surface area contributed by atoms with Crippen LogP contribution in [-0.4, -0.2) is 49.7 Å². The van der Waals surface area contributed by atoms with Crippen molar-refractivity contribution in [3.8, 4) is 0 Å². The van der Waals surface area contributed by atoms with Crippen molar-refractivity contribution in [3.63, 3.8) is 0 Å². The minimum atomic E-state index is -3.45. The van der Waals surface area contributed by atoms with Crippen molar-refractivity contribution in [3.05, 3.63) is 30.3 Å². The van der Waals surface area contributed by atoms with Gasteiger partial charge in [0.1, 0.15) is 0 Å². The molecule has 0 spiro atoms. The third kappa shape index (κ3) is 3.03. The summed E-state index contributed by atoms with van der Waals surface area (Å²) in [6.45, 7) is 4.09. The van der Waals surface area contributed by atoms with E-state index < -0.39 is 10.0 Å². The molecule has 6 heteroatoms. The van der Waals surface area contributed by atoms with Crippen LogP contribution in [0.4, 0.5) is 0 Å². The fourth-order valence-electron chi connectivity index (χ4n) is 3.00. The molecule has 0 bridgehead atoms. The molecule has 1 heterocycles. The zero-order valence-electron chi connectivity index (χ0n) is 12.8. The van der Waals surface area contributed by atoms with E-state index in [1.165, 1.54) is 4.31 Å². The predicted octanol–water partition coefficient (Wildman–Crippen LogP) is 1.57. The van der Waals surface area contributed by atoms with Crippen molar-refractivity contribution >= 4 is 15.9 Å². The van der Waals surface area contributed by atoms with Gasteiger partial charge in [-0.3, -0.25) is 4.79 Å². The molecule has 0 unspecified atom stereocenters. The molecule has 1 saturated heterocycles. The Kier molecular flexibility index (Phi) is 4.23. The van der Waals surface area contributed by atoms with Crippen LogP contribution in [-0.2, 0) is 14.8 Å². The molecule has 1 saturated carbocycles. The highest BCUT2D eigenvalue weighted by Gasteiger charge is 2.42. The SMILES string of the molecule is C[C@@H]1C[C@@H]1C(=O)N1CCCN(S(=O)(=O)c2ccccc2)CC1. The quantitative estimate of drug-likeness (QED) is 0.849. The summed E-state index contributed by atoms with van der Waals surface area (Å²) in [6.07, 6.45) is 1.67. The van der Waals surface area contributed by atoms with Gasteiger partial charge in [-0.2, -0.15) is 4.31 Å². The van der Waals surface area contributed by atoms with Crippen LogP contribution in [0, 0.1) is 11.8 Å². The lowest BCUT2D eigenvalue weighted by atomic mass is 10.3. The molecule has 2 fully saturated rings. The molecular formula is C16H22N2O3S. The molecule has 1 amide bonds. The maximum atomic E-state index is 12.6. The third-order valence-electron chi connectivity index (χ3n) is 4.57. The molecule has 2 atom stereocenters. The van der Waals surface area contributed by atoms with Gasteiger partial charge < -0.3 is 4.90 Å². The van der Waals surface area contributed by atoms with Crippen molar-refractivity contribution in [1.29, 1.82) is 0 Å². The Hall–Kier alpha value is -1.40. The second kappa shape index (κ2) is 6.01. The van der Waals surface area contributed by atoms with Gasteiger partial charge in [0, 0.05) is 32.1 Å². The Morgan fingerprint density at radius 1 is 1.09 bits per heavy atom. The number of carbonyl (C=O) groups is 1. The molecule has 1 aromatic carbocycles. The fraction of sp³-hybridized carbons (Fsp3) is 0.562. The molecule has 0 N–H and O–H groups in total. The van der Waals surface area contributed by atoms with E-state index in [-0.39, 0.29) is 11.8 Å². The predicted molar refractivity (Wildman–Crippen MR) is 83.7 cm³/mol. The third-order valence-corrected chi connectivity index (χ3v) is 6.49. The molecule has 120 valence electrons. The van der Waals surface area contributed by atoms with Crippen LogP contribution in [0.1, 0.15) is 19.8 Å². The van der Waals surface area contributed by atoms with Crippen LogP contribution in [0.3, 0.4) is 0 Å². The molecule has 1 aromatic rings. The molecule has 22 heavy (non-hydrogen) atoms. The zero-order valence-corrected chi connectivity index (χ0v) is 13.6. The number of rotatable bonds is 3. The van der Waals surface area contributed by atoms with Gasteiger partial charge in [-0.15, -0.1) is 0 Å². The molecule has 5 nitrogen and oxygen atoms in total. The summed E-state index contributed by atoms with van der Waals surface area (Å²) in [5.74, 6) is 0.851. The minimum Gasteiger partial charge on any atom is -0.341 e. The van der Waals surface area contributed by atoms with E-state index in [1.807, 2.05) is 4.90 Å². The molecule has 2 aliphatic rings. The Labute approximate surface area is 132 Å². The van der Waals surface area contributed by atoms with Gasteiger partial charge in [0.15, 0.2) is 0 Å². The van der Waals surface area contributed by atoms with Crippen molar-refractivity contribution < 1.29 is 13.2 Å². The maximum absolute atomic E-state index is 12.6.